The molecule has 3 atom stereocenters. The topological polar surface area (TPSA) is 31.2 Å². The van der Waals surface area contributed by atoms with Gasteiger partial charge in [0.1, 0.15) is 12.1 Å². The molecule has 24 heavy (non-hydrogen) atoms. The predicted molar refractivity (Wildman–Crippen MR) is 96.9 cm³/mol. The number of likely N-dealkylation sites (N-methyl/N-ethyl adjacent to an activating group) is 1. The highest BCUT2D eigenvalue weighted by molar-refractivity contribution is 5.59. The van der Waals surface area contributed by atoms with Gasteiger partial charge in [-0.1, -0.05) is 54.6 Å². The Morgan fingerprint density at radius 2 is 1.79 bits per heavy atom. The van der Waals surface area contributed by atoms with Crippen LogP contribution >= 0.6 is 0 Å². The normalized spacial score (nSPS) is 23.1. The van der Waals surface area contributed by atoms with E-state index in [2.05, 4.69) is 77.6 Å². The lowest BCUT2D eigenvalue weighted by molar-refractivity contribution is 0.272. The second-order valence-electron chi connectivity index (χ2n) is 6.81. The number of hydrogen-bond acceptors (Lipinski definition) is 4. The number of anilines is 1. The van der Waals surface area contributed by atoms with Crippen molar-refractivity contribution in [3.05, 3.63) is 65.2 Å². The Balaban J connectivity index is 1.93. The Bertz CT molecular complexity index is 770. The van der Waals surface area contributed by atoms with E-state index in [1.165, 1.54) is 22.4 Å². The fourth-order valence-electron chi connectivity index (χ4n) is 3.91. The van der Waals surface area contributed by atoms with Gasteiger partial charge in [-0.25, -0.2) is 0 Å². The van der Waals surface area contributed by atoms with Gasteiger partial charge in [0.25, 0.3) is 0 Å². The molecule has 2 aliphatic heterocycles. The van der Waals surface area contributed by atoms with Crippen molar-refractivity contribution in [3.63, 3.8) is 0 Å². The fraction of sp³-hybridized carbons (Fsp3) is 0.400. The molecule has 0 aliphatic carbocycles. The van der Waals surface area contributed by atoms with Gasteiger partial charge in [0.2, 0.25) is 0 Å². The third-order valence-corrected chi connectivity index (χ3v) is 5.42. The highest BCUT2D eigenvalue weighted by Gasteiger charge is 2.38. The number of fused-ring (bicyclic) bond motifs is 5. The Morgan fingerprint density at radius 1 is 1.08 bits per heavy atom. The molecule has 0 amide bonds. The van der Waals surface area contributed by atoms with Crippen molar-refractivity contribution in [1.29, 1.82) is 0 Å². The van der Waals surface area contributed by atoms with Crippen molar-refractivity contribution < 1.29 is 0 Å². The molecule has 0 saturated carbocycles. The maximum Gasteiger partial charge on any atom is 0.126 e. The standard InChI is InChI=1S/C20H24N4/c1-4-14(2)24-13-15-9-5-6-10-16(15)20-19(21-22-23(20)3)17-11-7-8-12-18(17)24/h5-12,14,19-20H,4,13H2,1-3H3. The number of nitrogens with zero attached hydrogens (tertiary/aromatic N) is 4. The van der Waals surface area contributed by atoms with Crippen molar-refractivity contribution in [2.24, 2.45) is 10.3 Å². The maximum absolute atomic E-state index is 4.62. The van der Waals surface area contributed by atoms with Gasteiger partial charge in [-0.15, -0.1) is 0 Å². The van der Waals surface area contributed by atoms with Gasteiger partial charge < -0.3 is 4.90 Å². The van der Waals surface area contributed by atoms with Crippen LogP contribution in [0, 0.1) is 0 Å². The van der Waals surface area contributed by atoms with Gasteiger partial charge in [0.15, 0.2) is 0 Å². The van der Waals surface area contributed by atoms with Gasteiger partial charge in [-0.2, -0.15) is 5.11 Å². The molecule has 124 valence electrons. The molecule has 3 unspecified atom stereocenters. The Labute approximate surface area is 143 Å². The van der Waals surface area contributed by atoms with Gasteiger partial charge in [-0.05, 0) is 30.5 Å². The lowest BCUT2D eigenvalue weighted by atomic mass is 9.87. The fourth-order valence-corrected chi connectivity index (χ4v) is 3.91. The van der Waals surface area contributed by atoms with Crippen molar-refractivity contribution in [2.45, 2.75) is 44.9 Å². The average Bonchev–Trinajstić information content (AvgIpc) is 2.99. The molecule has 0 N–H and O–H groups in total. The Morgan fingerprint density at radius 3 is 2.58 bits per heavy atom. The monoisotopic (exact) mass is 320 g/mol. The van der Waals surface area contributed by atoms with Crippen molar-refractivity contribution in [2.75, 3.05) is 11.9 Å². The first-order valence-corrected chi connectivity index (χ1v) is 8.77. The summed E-state index contributed by atoms with van der Waals surface area (Å²) in [6, 6.07) is 18.2. The van der Waals surface area contributed by atoms with E-state index in [4.69, 9.17) is 0 Å². The van der Waals surface area contributed by atoms with Crippen LogP contribution in [0.3, 0.4) is 0 Å². The molecule has 0 spiro atoms. The number of hydrogen-bond donors (Lipinski definition) is 0. The summed E-state index contributed by atoms with van der Waals surface area (Å²) in [7, 11) is 2.03. The molecule has 2 aromatic rings. The largest absolute Gasteiger partial charge is 0.364 e. The Hall–Kier alpha value is -2.36. The molecule has 0 saturated heterocycles. The van der Waals surface area contributed by atoms with E-state index in [9.17, 15) is 0 Å². The van der Waals surface area contributed by atoms with E-state index < -0.39 is 0 Å². The highest BCUT2D eigenvalue weighted by atomic mass is 15.6. The molecule has 4 nitrogen and oxygen atoms in total. The smallest absolute Gasteiger partial charge is 0.126 e. The zero-order chi connectivity index (χ0) is 16.7. The molecule has 0 aromatic heterocycles. The molecule has 0 radical (unpaired) electrons. The van der Waals surface area contributed by atoms with E-state index in [1.54, 1.807) is 0 Å². The van der Waals surface area contributed by atoms with Gasteiger partial charge >= 0.3 is 0 Å². The molecule has 2 heterocycles. The van der Waals surface area contributed by atoms with Crippen molar-refractivity contribution in [3.8, 4) is 0 Å². The first-order valence-electron chi connectivity index (χ1n) is 8.77. The van der Waals surface area contributed by atoms with Crippen LogP contribution in [-0.2, 0) is 6.54 Å². The third kappa shape index (κ3) is 2.29. The zero-order valence-electron chi connectivity index (χ0n) is 14.6. The highest BCUT2D eigenvalue weighted by Crippen LogP contribution is 2.47. The summed E-state index contributed by atoms with van der Waals surface area (Å²) < 4.78 is 0. The van der Waals surface area contributed by atoms with E-state index in [0.29, 0.717) is 6.04 Å². The summed E-state index contributed by atoms with van der Waals surface area (Å²) in [5.41, 5.74) is 5.30. The quantitative estimate of drug-likeness (QED) is 0.788. The summed E-state index contributed by atoms with van der Waals surface area (Å²) in [5.74, 6) is 0. The molecular formula is C20H24N4. The molecule has 2 aromatic carbocycles. The van der Waals surface area contributed by atoms with Crippen LogP contribution in [0.15, 0.2) is 58.9 Å². The van der Waals surface area contributed by atoms with Crippen LogP contribution < -0.4 is 4.90 Å². The van der Waals surface area contributed by atoms with Crippen LogP contribution in [0.5, 0.6) is 0 Å². The minimum atomic E-state index is 0.0548. The molecule has 0 fully saturated rings. The van der Waals surface area contributed by atoms with E-state index in [0.717, 1.165) is 13.0 Å². The second-order valence-corrected chi connectivity index (χ2v) is 6.81. The summed E-state index contributed by atoms with van der Waals surface area (Å²) in [4.78, 5) is 2.53. The first kappa shape index (κ1) is 15.2. The lowest BCUT2D eigenvalue weighted by Gasteiger charge is -2.38. The van der Waals surface area contributed by atoms with Crippen LogP contribution in [0.25, 0.3) is 0 Å². The van der Waals surface area contributed by atoms with Gasteiger partial charge in [0.05, 0.1) is 0 Å². The predicted octanol–water partition coefficient (Wildman–Crippen LogP) is 4.90. The molecule has 2 aliphatic rings. The number of benzene rings is 2. The summed E-state index contributed by atoms with van der Waals surface area (Å²) in [6.07, 6.45) is 1.12. The molecular weight excluding hydrogens is 296 g/mol. The Kier molecular flexibility index (Phi) is 3.75. The van der Waals surface area contributed by atoms with Crippen molar-refractivity contribution >= 4 is 5.69 Å². The first-order chi connectivity index (χ1) is 11.7. The summed E-state index contributed by atoms with van der Waals surface area (Å²) in [6.45, 7) is 5.49. The van der Waals surface area contributed by atoms with Crippen molar-refractivity contribution in [1.82, 2.24) is 5.01 Å². The maximum atomic E-state index is 4.62. The van der Waals surface area contributed by atoms with Gasteiger partial charge in [-0.3, -0.25) is 5.01 Å². The van der Waals surface area contributed by atoms with Crippen LogP contribution in [0.4, 0.5) is 5.69 Å². The molecule has 0 bridgehead atoms. The number of rotatable bonds is 2. The van der Waals surface area contributed by atoms with E-state index in [-0.39, 0.29) is 12.1 Å². The van der Waals surface area contributed by atoms with Crippen LogP contribution in [-0.4, -0.2) is 18.1 Å². The minimum Gasteiger partial charge on any atom is -0.364 e. The zero-order valence-corrected chi connectivity index (χ0v) is 14.6. The van der Waals surface area contributed by atoms with Crippen LogP contribution in [0.1, 0.15) is 49.0 Å². The lowest BCUT2D eigenvalue weighted by Crippen LogP contribution is -2.36. The molecule has 4 heteroatoms. The number of para-hydroxylation sites is 1. The minimum absolute atomic E-state index is 0.0548. The van der Waals surface area contributed by atoms with Gasteiger partial charge in [0, 0.05) is 30.9 Å². The average molecular weight is 320 g/mol. The summed E-state index contributed by atoms with van der Waals surface area (Å²) >= 11 is 0. The van der Waals surface area contributed by atoms with E-state index in [1.807, 2.05) is 12.1 Å². The second kappa shape index (κ2) is 5.93. The van der Waals surface area contributed by atoms with Crippen LogP contribution in [0.2, 0.25) is 0 Å². The van der Waals surface area contributed by atoms with E-state index >= 15 is 0 Å². The third-order valence-electron chi connectivity index (χ3n) is 5.42. The SMILES string of the molecule is CCC(C)N1Cc2ccccc2C2C(N=NN2C)c2ccccc21. The summed E-state index contributed by atoms with van der Waals surface area (Å²) in [5, 5.41) is 11.0. The molecule has 4 rings (SSSR count).